The van der Waals surface area contributed by atoms with Crippen LogP contribution < -0.4 is 0 Å². The van der Waals surface area contributed by atoms with Crippen molar-refractivity contribution < 1.29 is 9.90 Å². The minimum Gasteiger partial charge on any atom is -0.481 e. The lowest BCUT2D eigenvalue weighted by Gasteiger charge is -1.91. The largest absolute Gasteiger partial charge is 0.481 e. The summed E-state index contributed by atoms with van der Waals surface area (Å²) in [4.78, 5) is 13.1. The van der Waals surface area contributed by atoms with Crippen LogP contribution in [0.25, 0.3) is 5.95 Å². The van der Waals surface area contributed by atoms with Crippen LogP contribution in [0.2, 0.25) is 0 Å². The third-order valence-corrected chi connectivity index (χ3v) is 1.61. The molecule has 0 spiro atoms. The van der Waals surface area contributed by atoms with Crippen LogP contribution in [0.15, 0.2) is 18.7 Å². The molecule has 0 aromatic carbocycles. The summed E-state index contributed by atoms with van der Waals surface area (Å²) in [5, 5.41) is 19.8. The van der Waals surface area contributed by atoms with Crippen LogP contribution >= 0.6 is 0 Å². The van der Waals surface area contributed by atoms with Gasteiger partial charge >= 0.3 is 5.97 Å². The first-order valence-electron chi connectivity index (χ1n) is 3.87. The maximum atomic E-state index is 10.4. The second-order valence-electron chi connectivity index (χ2n) is 2.68. The Labute approximate surface area is 78.4 Å². The van der Waals surface area contributed by atoms with E-state index < -0.39 is 5.97 Å². The molecular weight excluding hydrogens is 186 g/mol. The van der Waals surface area contributed by atoms with E-state index in [4.69, 9.17) is 5.11 Å². The summed E-state index contributed by atoms with van der Waals surface area (Å²) in [6, 6.07) is 0. The molecule has 7 heteroatoms. The van der Waals surface area contributed by atoms with Crippen molar-refractivity contribution in [3.8, 4) is 5.95 Å². The molecule has 2 heterocycles. The van der Waals surface area contributed by atoms with E-state index in [1.165, 1.54) is 17.2 Å². The summed E-state index contributed by atoms with van der Waals surface area (Å²) >= 11 is 0. The number of hydrogen-bond acceptors (Lipinski definition) is 4. The zero-order chi connectivity index (χ0) is 9.97. The Morgan fingerprint density at radius 3 is 3.14 bits per heavy atom. The van der Waals surface area contributed by atoms with Gasteiger partial charge in [-0.3, -0.25) is 4.79 Å². The van der Waals surface area contributed by atoms with E-state index in [9.17, 15) is 4.79 Å². The quantitative estimate of drug-likeness (QED) is 0.692. The van der Waals surface area contributed by atoms with Gasteiger partial charge < -0.3 is 10.1 Å². The van der Waals surface area contributed by atoms with E-state index >= 15 is 0 Å². The zero-order valence-electron chi connectivity index (χ0n) is 7.08. The smallest absolute Gasteiger partial charge is 0.307 e. The van der Waals surface area contributed by atoms with Gasteiger partial charge in [0.2, 0.25) is 5.95 Å². The molecule has 14 heavy (non-hydrogen) atoms. The van der Waals surface area contributed by atoms with Gasteiger partial charge in [0.05, 0.1) is 12.6 Å². The van der Waals surface area contributed by atoms with Gasteiger partial charge in [-0.2, -0.15) is 5.10 Å². The first-order valence-corrected chi connectivity index (χ1v) is 3.87. The van der Waals surface area contributed by atoms with Crippen molar-refractivity contribution in [1.29, 1.82) is 0 Å². The van der Waals surface area contributed by atoms with Crippen LogP contribution in [0, 0.1) is 0 Å². The lowest BCUT2D eigenvalue weighted by Crippen LogP contribution is -1.99. The Morgan fingerprint density at radius 1 is 1.64 bits per heavy atom. The minimum absolute atomic E-state index is 0.0475. The Hall–Kier alpha value is -2.18. The summed E-state index contributed by atoms with van der Waals surface area (Å²) < 4.78 is 1.44. The van der Waals surface area contributed by atoms with Crippen LogP contribution in [-0.4, -0.2) is 36.0 Å². The summed E-state index contributed by atoms with van der Waals surface area (Å²) in [5.41, 5.74) is 0.619. The number of carboxylic acid groups (broad SMARTS) is 1. The predicted octanol–water partition coefficient (Wildman–Crippen LogP) is -0.383. The van der Waals surface area contributed by atoms with Crippen LogP contribution in [0.5, 0.6) is 0 Å². The third-order valence-electron chi connectivity index (χ3n) is 1.61. The maximum absolute atomic E-state index is 10.4. The van der Waals surface area contributed by atoms with Gasteiger partial charge in [0.15, 0.2) is 0 Å². The van der Waals surface area contributed by atoms with E-state index in [2.05, 4.69) is 20.3 Å². The van der Waals surface area contributed by atoms with E-state index in [1.807, 2.05) is 0 Å². The molecule has 0 aliphatic rings. The highest BCUT2D eigenvalue weighted by molar-refractivity contribution is 5.69. The predicted molar refractivity (Wildman–Crippen MR) is 44.8 cm³/mol. The van der Waals surface area contributed by atoms with Crippen LogP contribution in [-0.2, 0) is 11.2 Å². The van der Waals surface area contributed by atoms with Gasteiger partial charge in [-0.15, -0.1) is 10.2 Å². The third kappa shape index (κ3) is 1.60. The van der Waals surface area contributed by atoms with Gasteiger partial charge in [0.1, 0.15) is 6.33 Å². The second kappa shape index (κ2) is 3.29. The van der Waals surface area contributed by atoms with Gasteiger partial charge in [0.25, 0.3) is 0 Å². The number of rotatable bonds is 3. The van der Waals surface area contributed by atoms with Crippen molar-refractivity contribution in [3.05, 3.63) is 24.3 Å². The molecule has 72 valence electrons. The van der Waals surface area contributed by atoms with Gasteiger partial charge in [0, 0.05) is 11.8 Å². The van der Waals surface area contributed by atoms with E-state index in [1.54, 1.807) is 6.20 Å². The summed E-state index contributed by atoms with van der Waals surface area (Å²) in [5.74, 6) is -0.427. The number of H-pyrrole nitrogens is 1. The zero-order valence-corrected chi connectivity index (χ0v) is 7.08. The number of nitrogens with one attached hydrogen (secondary N) is 1. The molecule has 0 saturated carbocycles. The molecular formula is C7H7N5O2. The minimum atomic E-state index is -0.887. The highest BCUT2D eigenvalue weighted by Gasteiger charge is 2.05. The standard InChI is InChI=1S/C7H7N5O2/c13-6(14)1-5-2-10-12(3-5)7-8-4-9-11-7/h2-4H,1H2,(H,13,14)(H,8,9,11). The van der Waals surface area contributed by atoms with E-state index in [0.29, 0.717) is 11.5 Å². The second-order valence-corrected chi connectivity index (χ2v) is 2.68. The topological polar surface area (TPSA) is 96.7 Å². The van der Waals surface area contributed by atoms with Crippen molar-refractivity contribution in [2.24, 2.45) is 0 Å². The Morgan fingerprint density at radius 2 is 2.50 bits per heavy atom. The fraction of sp³-hybridized carbons (Fsp3) is 0.143. The number of nitrogens with zero attached hydrogens (tertiary/aromatic N) is 4. The lowest BCUT2D eigenvalue weighted by molar-refractivity contribution is -0.136. The highest BCUT2D eigenvalue weighted by atomic mass is 16.4. The van der Waals surface area contributed by atoms with Crippen LogP contribution in [0.4, 0.5) is 0 Å². The molecule has 0 aliphatic carbocycles. The van der Waals surface area contributed by atoms with Crippen molar-refractivity contribution in [3.63, 3.8) is 0 Å². The summed E-state index contributed by atoms with van der Waals surface area (Å²) in [7, 11) is 0. The number of aromatic nitrogens is 5. The molecule has 0 aliphatic heterocycles. The summed E-state index contributed by atoms with van der Waals surface area (Å²) in [6.45, 7) is 0. The maximum Gasteiger partial charge on any atom is 0.307 e. The van der Waals surface area contributed by atoms with Crippen molar-refractivity contribution >= 4 is 5.97 Å². The fourth-order valence-corrected chi connectivity index (χ4v) is 1.05. The first-order chi connectivity index (χ1) is 6.75. The number of aromatic amines is 1. The summed E-state index contributed by atoms with van der Waals surface area (Å²) in [6.07, 6.45) is 4.45. The number of carbonyl (C=O) groups is 1. The molecule has 0 unspecified atom stereocenters. The number of hydrogen-bond donors (Lipinski definition) is 2. The Kier molecular flexibility index (Phi) is 1.98. The van der Waals surface area contributed by atoms with Crippen molar-refractivity contribution in [2.75, 3.05) is 0 Å². The fourth-order valence-electron chi connectivity index (χ4n) is 1.05. The molecule has 2 aromatic rings. The molecule has 0 amide bonds. The van der Waals surface area contributed by atoms with Gasteiger partial charge in [-0.1, -0.05) is 0 Å². The SMILES string of the molecule is O=C(O)Cc1cnn(-c2nnc[nH]2)c1. The monoisotopic (exact) mass is 193 g/mol. The molecule has 0 atom stereocenters. The Balaban J connectivity index is 2.22. The molecule has 0 saturated heterocycles. The molecule has 0 bridgehead atoms. The average molecular weight is 193 g/mol. The Bertz CT molecular complexity index is 433. The number of carboxylic acids is 1. The average Bonchev–Trinajstić information content (AvgIpc) is 2.69. The van der Waals surface area contributed by atoms with Crippen molar-refractivity contribution in [1.82, 2.24) is 25.0 Å². The molecule has 7 nitrogen and oxygen atoms in total. The van der Waals surface area contributed by atoms with Crippen LogP contribution in [0.3, 0.4) is 0 Å². The normalized spacial score (nSPS) is 10.3. The van der Waals surface area contributed by atoms with Crippen molar-refractivity contribution in [2.45, 2.75) is 6.42 Å². The van der Waals surface area contributed by atoms with Gasteiger partial charge in [-0.05, 0) is 0 Å². The first kappa shape index (κ1) is 8.42. The molecule has 2 aromatic heterocycles. The molecule has 2 rings (SSSR count). The number of aliphatic carboxylic acids is 1. The lowest BCUT2D eigenvalue weighted by atomic mass is 10.3. The van der Waals surface area contributed by atoms with E-state index in [0.717, 1.165) is 0 Å². The van der Waals surface area contributed by atoms with E-state index in [-0.39, 0.29) is 6.42 Å². The van der Waals surface area contributed by atoms with Crippen LogP contribution in [0.1, 0.15) is 5.56 Å². The molecule has 0 fully saturated rings. The molecule has 2 N–H and O–H groups in total. The van der Waals surface area contributed by atoms with Gasteiger partial charge in [-0.25, -0.2) is 4.68 Å². The molecule has 0 radical (unpaired) electrons. The highest BCUT2D eigenvalue weighted by Crippen LogP contribution is 2.02.